The normalized spacial score (nSPS) is 24.4. The highest BCUT2D eigenvalue weighted by Gasteiger charge is 2.56. The van der Waals surface area contributed by atoms with E-state index < -0.39 is 5.54 Å². The fraction of sp³-hybridized carbons (Fsp3) is 0.444. The number of rotatable bonds is 5. The van der Waals surface area contributed by atoms with E-state index in [1.165, 1.54) is 6.92 Å². The van der Waals surface area contributed by atoms with Gasteiger partial charge in [0.05, 0.1) is 18.1 Å². The summed E-state index contributed by atoms with van der Waals surface area (Å²) in [5, 5.41) is 6.26. The van der Waals surface area contributed by atoms with Crippen LogP contribution in [-0.4, -0.2) is 59.2 Å². The Kier molecular flexibility index (Phi) is 6.75. The van der Waals surface area contributed by atoms with Crippen LogP contribution in [0.5, 0.6) is 0 Å². The zero-order valence-corrected chi connectivity index (χ0v) is 20.4. The number of hydrogen-bond donors (Lipinski definition) is 2. The molecule has 0 bridgehead atoms. The van der Waals surface area contributed by atoms with E-state index in [-0.39, 0.29) is 36.2 Å². The quantitative estimate of drug-likeness (QED) is 0.716. The Hall–Kier alpha value is -3.19. The van der Waals surface area contributed by atoms with E-state index in [9.17, 15) is 14.4 Å². The number of carbonyl (C=O) groups is 3. The molecule has 3 atom stereocenters. The minimum absolute atomic E-state index is 0.00723. The number of piperidine rings is 1. The molecule has 2 heterocycles. The van der Waals surface area contributed by atoms with Gasteiger partial charge in [0.2, 0.25) is 17.7 Å². The van der Waals surface area contributed by atoms with Gasteiger partial charge in [-0.1, -0.05) is 42.5 Å². The highest BCUT2D eigenvalue weighted by molar-refractivity contribution is 5.93. The SMILES string of the molecule is CC(=O)N[C@@]12CCN(CC(=O)Nc3cccc(C)c3C)C[C@@H]1[C@@H](c1ccccc1)N(C(C)=O)C2. The molecule has 180 valence electrons. The van der Waals surface area contributed by atoms with E-state index in [0.29, 0.717) is 26.1 Å². The van der Waals surface area contributed by atoms with Crippen molar-refractivity contribution in [2.45, 2.75) is 45.7 Å². The van der Waals surface area contributed by atoms with E-state index >= 15 is 0 Å². The highest BCUT2D eigenvalue weighted by Crippen LogP contribution is 2.47. The number of nitrogens with one attached hydrogen (secondary N) is 2. The zero-order chi connectivity index (χ0) is 24.5. The minimum Gasteiger partial charge on any atom is -0.349 e. The molecule has 0 radical (unpaired) electrons. The van der Waals surface area contributed by atoms with Gasteiger partial charge in [0.1, 0.15) is 0 Å². The first-order valence-corrected chi connectivity index (χ1v) is 11.9. The lowest BCUT2D eigenvalue weighted by atomic mass is 9.75. The maximum atomic E-state index is 12.9. The van der Waals surface area contributed by atoms with Gasteiger partial charge < -0.3 is 15.5 Å². The lowest BCUT2D eigenvalue weighted by Crippen LogP contribution is -2.61. The Morgan fingerprint density at radius 3 is 2.44 bits per heavy atom. The zero-order valence-electron chi connectivity index (χ0n) is 20.4. The molecule has 2 aliphatic rings. The van der Waals surface area contributed by atoms with Crippen molar-refractivity contribution in [2.75, 3.05) is 31.5 Å². The Balaban J connectivity index is 1.57. The summed E-state index contributed by atoms with van der Waals surface area (Å²) in [5.41, 5.74) is 3.59. The average Bonchev–Trinajstić information content (AvgIpc) is 3.11. The highest BCUT2D eigenvalue weighted by atomic mass is 16.2. The van der Waals surface area contributed by atoms with E-state index in [4.69, 9.17) is 0 Å². The maximum Gasteiger partial charge on any atom is 0.238 e. The van der Waals surface area contributed by atoms with Crippen molar-refractivity contribution in [1.82, 2.24) is 15.1 Å². The number of benzene rings is 2. The molecule has 2 aromatic carbocycles. The molecule has 34 heavy (non-hydrogen) atoms. The third-order valence-corrected chi connectivity index (χ3v) is 7.42. The number of hydrogen-bond acceptors (Lipinski definition) is 4. The van der Waals surface area contributed by atoms with Crippen LogP contribution in [0.3, 0.4) is 0 Å². The molecule has 2 aromatic rings. The summed E-state index contributed by atoms with van der Waals surface area (Å²) in [6.45, 7) is 9.19. The summed E-state index contributed by atoms with van der Waals surface area (Å²) < 4.78 is 0. The van der Waals surface area contributed by atoms with Gasteiger partial charge >= 0.3 is 0 Å². The monoisotopic (exact) mass is 462 g/mol. The Morgan fingerprint density at radius 1 is 1.03 bits per heavy atom. The molecule has 2 fully saturated rings. The van der Waals surface area contributed by atoms with E-state index in [2.05, 4.69) is 15.5 Å². The van der Waals surface area contributed by atoms with Gasteiger partial charge in [-0.15, -0.1) is 0 Å². The van der Waals surface area contributed by atoms with Gasteiger partial charge in [0.15, 0.2) is 0 Å². The van der Waals surface area contributed by atoms with Crippen LogP contribution >= 0.6 is 0 Å². The van der Waals surface area contributed by atoms with Crippen LogP contribution in [0.15, 0.2) is 48.5 Å². The van der Waals surface area contributed by atoms with E-state index in [1.807, 2.05) is 67.3 Å². The summed E-state index contributed by atoms with van der Waals surface area (Å²) in [7, 11) is 0. The first-order chi connectivity index (χ1) is 16.2. The number of anilines is 1. The van der Waals surface area contributed by atoms with Crippen molar-refractivity contribution >= 4 is 23.4 Å². The van der Waals surface area contributed by atoms with Crippen LogP contribution in [0.4, 0.5) is 5.69 Å². The standard InChI is InChI=1S/C27H34N4O3/c1-18-9-8-12-24(19(18)2)28-25(34)16-30-14-13-27(29-20(3)32)17-31(21(4)33)26(23(27)15-30)22-10-6-5-7-11-22/h5-12,23,26H,13-17H2,1-4H3,(H,28,34)(H,29,32)/t23-,26-,27-/m1/s1. The number of nitrogens with zero attached hydrogens (tertiary/aromatic N) is 2. The molecule has 2 aliphatic heterocycles. The van der Waals surface area contributed by atoms with Gasteiger partial charge in [-0.05, 0) is 43.0 Å². The maximum absolute atomic E-state index is 12.9. The Labute approximate surface area is 201 Å². The smallest absolute Gasteiger partial charge is 0.238 e. The number of amides is 3. The van der Waals surface area contributed by atoms with Crippen molar-refractivity contribution in [2.24, 2.45) is 5.92 Å². The summed E-state index contributed by atoms with van der Waals surface area (Å²) in [5.74, 6) is -0.182. The second-order valence-corrected chi connectivity index (χ2v) is 9.73. The first kappa shape index (κ1) is 24.0. The predicted octanol–water partition coefficient (Wildman–Crippen LogP) is 3.04. The second kappa shape index (κ2) is 9.58. The molecular formula is C27H34N4O3. The molecule has 0 aliphatic carbocycles. The summed E-state index contributed by atoms with van der Waals surface area (Å²) in [6, 6.07) is 15.7. The van der Waals surface area contributed by atoms with Crippen LogP contribution in [0.1, 0.15) is 43.0 Å². The van der Waals surface area contributed by atoms with Crippen molar-refractivity contribution < 1.29 is 14.4 Å². The molecule has 0 saturated carbocycles. The minimum atomic E-state index is -0.502. The summed E-state index contributed by atoms with van der Waals surface area (Å²) >= 11 is 0. The fourth-order valence-corrected chi connectivity index (χ4v) is 5.64. The number of carbonyl (C=O) groups excluding carboxylic acids is 3. The third-order valence-electron chi connectivity index (χ3n) is 7.42. The number of fused-ring (bicyclic) bond motifs is 1. The van der Waals surface area contributed by atoms with Crippen LogP contribution in [0.25, 0.3) is 0 Å². The van der Waals surface area contributed by atoms with Gasteiger partial charge in [-0.25, -0.2) is 0 Å². The van der Waals surface area contributed by atoms with Crippen molar-refractivity contribution in [1.29, 1.82) is 0 Å². The molecule has 0 spiro atoms. The summed E-state index contributed by atoms with van der Waals surface area (Å²) in [4.78, 5) is 41.8. The van der Waals surface area contributed by atoms with E-state index in [0.717, 1.165) is 22.4 Å². The molecule has 7 heteroatoms. The molecule has 2 N–H and O–H groups in total. The molecule has 4 rings (SSSR count). The predicted molar refractivity (Wildman–Crippen MR) is 132 cm³/mol. The van der Waals surface area contributed by atoms with Gasteiger partial charge in [-0.2, -0.15) is 0 Å². The number of likely N-dealkylation sites (tertiary alicyclic amines) is 2. The average molecular weight is 463 g/mol. The van der Waals surface area contributed by atoms with Crippen LogP contribution in [0.2, 0.25) is 0 Å². The van der Waals surface area contributed by atoms with Gasteiger partial charge in [0, 0.05) is 45.1 Å². The lowest BCUT2D eigenvalue weighted by molar-refractivity contribution is -0.130. The van der Waals surface area contributed by atoms with Crippen molar-refractivity contribution in [3.8, 4) is 0 Å². The first-order valence-electron chi connectivity index (χ1n) is 11.9. The van der Waals surface area contributed by atoms with Crippen molar-refractivity contribution in [3.05, 3.63) is 65.2 Å². The number of aryl methyl sites for hydroxylation is 1. The molecule has 3 amide bonds. The third kappa shape index (κ3) is 4.71. The fourth-order valence-electron chi connectivity index (χ4n) is 5.64. The van der Waals surface area contributed by atoms with Crippen molar-refractivity contribution in [3.63, 3.8) is 0 Å². The summed E-state index contributed by atoms with van der Waals surface area (Å²) in [6.07, 6.45) is 0.682. The van der Waals surface area contributed by atoms with Gasteiger partial charge in [0.25, 0.3) is 0 Å². The topological polar surface area (TPSA) is 81.8 Å². The van der Waals surface area contributed by atoms with E-state index in [1.54, 1.807) is 6.92 Å². The molecule has 2 saturated heterocycles. The molecule has 0 unspecified atom stereocenters. The second-order valence-electron chi connectivity index (χ2n) is 9.73. The lowest BCUT2D eigenvalue weighted by Gasteiger charge is -2.44. The molecule has 7 nitrogen and oxygen atoms in total. The Bertz CT molecular complexity index is 1090. The van der Waals surface area contributed by atoms with Gasteiger partial charge in [-0.3, -0.25) is 19.3 Å². The molecular weight excluding hydrogens is 428 g/mol. The largest absolute Gasteiger partial charge is 0.349 e. The van der Waals surface area contributed by atoms with Crippen LogP contribution in [0, 0.1) is 19.8 Å². The molecule has 0 aromatic heterocycles. The van der Waals surface area contributed by atoms with Crippen LogP contribution in [-0.2, 0) is 14.4 Å². The Morgan fingerprint density at radius 2 is 1.76 bits per heavy atom. The van der Waals surface area contributed by atoms with Crippen LogP contribution < -0.4 is 10.6 Å².